The summed E-state index contributed by atoms with van der Waals surface area (Å²) in [7, 11) is 0. The second-order valence-corrected chi connectivity index (χ2v) is 4.29. The number of hydrogen-bond donors (Lipinski definition) is 2. The van der Waals surface area contributed by atoms with Crippen LogP contribution in [0.5, 0.6) is 5.75 Å². The standard InChI is InChI=1S/C14H16N2O2/c1-9-13(8-17)10(2)16-14(15-9)7-11-4-3-5-12(18)6-11/h3-6,17-18H,7-8H2,1-2H3. The number of aromatic nitrogens is 2. The van der Waals surface area contributed by atoms with Crippen LogP contribution in [0.25, 0.3) is 0 Å². The van der Waals surface area contributed by atoms with E-state index in [0.29, 0.717) is 12.2 Å². The van der Waals surface area contributed by atoms with E-state index in [4.69, 9.17) is 0 Å². The van der Waals surface area contributed by atoms with E-state index in [1.54, 1.807) is 18.2 Å². The zero-order valence-corrected chi connectivity index (χ0v) is 10.5. The zero-order chi connectivity index (χ0) is 13.1. The molecule has 2 rings (SSSR count). The predicted molar refractivity (Wildman–Crippen MR) is 68.3 cm³/mol. The summed E-state index contributed by atoms with van der Waals surface area (Å²) in [4.78, 5) is 8.75. The van der Waals surface area contributed by atoms with Crippen molar-refractivity contribution >= 4 is 0 Å². The highest BCUT2D eigenvalue weighted by atomic mass is 16.3. The highest BCUT2D eigenvalue weighted by molar-refractivity contribution is 5.30. The van der Waals surface area contributed by atoms with E-state index in [-0.39, 0.29) is 12.4 Å². The fraction of sp³-hybridized carbons (Fsp3) is 0.286. The maximum Gasteiger partial charge on any atom is 0.133 e. The molecule has 2 N–H and O–H groups in total. The summed E-state index contributed by atoms with van der Waals surface area (Å²) in [5.74, 6) is 0.945. The van der Waals surface area contributed by atoms with E-state index >= 15 is 0 Å². The molecule has 0 bridgehead atoms. The first-order valence-corrected chi connectivity index (χ1v) is 5.82. The number of aromatic hydroxyl groups is 1. The van der Waals surface area contributed by atoms with Gasteiger partial charge in [0.05, 0.1) is 6.61 Å². The van der Waals surface area contributed by atoms with Gasteiger partial charge < -0.3 is 10.2 Å². The molecule has 1 aromatic carbocycles. The second kappa shape index (κ2) is 5.14. The lowest BCUT2D eigenvalue weighted by atomic mass is 10.1. The molecule has 1 heterocycles. The molecule has 0 spiro atoms. The Morgan fingerprint density at radius 1 is 1.11 bits per heavy atom. The lowest BCUT2D eigenvalue weighted by molar-refractivity contribution is 0.279. The molecule has 0 atom stereocenters. The number of phenols is 1. The van der Waals surface area contributed by atoms with Crippen molar-refractivity contribution in [1.82, 2.24) is 9.97 Å². The van der Waals surface area contributed by atoms with Crippen LogP contribution in [0.3, 0.4) is 0 Å². The molecule has 4 nitrogen and oxygen atoms in total. The van der Waals surface area contributed by atoms with Crippen molar-refractivity contribution in [3.8, 4) is 5.75 Å². The third-order valence-electron chi connectivity index (χ3n) is 2.90. The first-order valence-electron chi connectivity index (χ1n) is 5.82. The monoisotopic (exact) mass is 244 g/mol. The van der Waals surface area contributed by atoms with Gasteiger partial charge >= 0.3 is 0 Å². The Labute approximate surface area is 106 Å². The van der Waals surface area contributed by atoms with Gasteiger partial charge in [-0.2, -0.15) is 0 Å². The van der Waals surface area contributed by atoms with E-state index in [0.717, 1.165) is 22.5 Å². The van der Waals surface area contributed by atoms with Crippen molar-refractivity contribution in [2.75, 3.05) is 0 Å². The Morgan fingerprint density at radius 3 is 2.33 bits per heavy atom. The normalized spacial score (nSPS) is 10.6. The van der Waals surface area contributed by atoms with Crippen LogP contribution in [0, 0.1) is 13.8 Å². The highest BCUT2D eigenvalue weighted by Gasteiger charge is 2.08. The van der Waals surface area contributed by atoms with Gasteiger partial charge in [0.2, 0.25) is 0 Å². The van der Waals surface area contributed by atoms with Crippen molar-refractivity contribution in [1.29, 1.82) is 0 Å². The molecule has 0 saturated heterocycles. The lowest BCUT2D eigenvalue weighted by Crippen LogP contribution is -2.05. The molecular formula is C14H16N2O2. The Kier molecular flexibility index (Phi) is 3.58. The fourth-order valence-corrected chi connectivity index (χ4v) is 1.97. The number of nitrogens with zero attached hydrogens (tertiary/aromatic N) is 2. The van der Waals surface area contributed by atoms with Gasteiger partial charge in [0, 0.05) is 23.4 Å². The number of rotatable bonds is 3. The average Bonchev–Trinajstić information content (AvgIpc) is 2.28. The Hall–Kier alpha value is -1.94. The van der Waals surface area contributed by atoms with Crippen LogP contribution in [-0.2, 0) is 13.0 Å². The summed E-state index contributed by atoms with van der Waals surface area (Å²) in [6.07, 6.45) is 0.571. The van der Waals surface area contributed by atoms with Gasteiger partial charge in [-0.1, -0.05) is 12.1 Å². The molecule has 0 amide bonds. The van der Waals surface area contributed by atoms with Gasteiger partial charge in [-0.15, -0.1) is 0 Å². The van der Waals surface area contributed by atoms with Crippen molar-refractivity contribution in [2.45, 2.75) is 26.9 Å². The van der Waals surface area contributed by atoms with E-state index in [1.807, 2.05) is 19.9 Å². The van der Waals surface area contributed by atoms with Crippen molar-refractivity contribution < 1.29 is 10.2 Å². The van der Waals surface area contributed by atoms with Gasteiger partial charge in [-0.05, 0) is 31.5 Å². The number of hydrogen-bond acceptors (Lipinski definition) is 4. The minimum Gasteiger partial charge on any atom is -0.508 e. The van der Waals surface area contributed by atoms with Gasteiger partial charge in [0.1, 0.15) is 11.6 Å². The second-order valence-electron chi connectivity index (χ2n) is 4.29. The van der Waals surface area contributed by atoms with E-state index in [1.165, 1.54) is 0 Å². The Balaban J connectivity index is 2.30. The Morgan fingerprint density at radius 2 is 1.78 bits per heavy atom. The molecule has 0 radical (unpaired) electrons. The van der Waals surface area contributed by atoms with Crippen molar-refractivity contribution in [3.63, 3.8) is 0 Å². The molecular weight excluding hydrogens is 228 g/mol. The van der Waals surface area contributed by atoms with Crippen molar-refractivity contribution in [3.05, 3.63) is 52.6 Å². The first-order chi connectivity index (χ1) is 8.60. The van der Waals surface area contributed by atoms with Gasteiger partial charge in [-0.3, -0.25) is 0 Å². The van der Waals surface area contributed by atoms with Crippen LogP contribution in [0.15, 0.2) is 24.3 Å². The fourth-order valence-electron chi connectivity index (χ4n) is 1.97. The quantitative estimate of drug-likeness (QED) is 0.865. The van der Waals surface area contributed by atoms with Gasteiger partial charge in [0.15, 0.2) is 0 Å². The van der Waals surface area contributed by atoms with E-state index in [9.17, 15) is 10.2 Å². The maximum absolute atomic E-state index is 9.41. The van der Waals surface area contributed by atoms with Crippen LogP contribution >= 0.6 is 0 Å². The molecule has 0 fully saturated rings. The summed E-state index contributed by atoms with van der Waals surface area (Å²) in [6, 6.07) is 7.06. The minimum absolute atomic E-state index is 0.0376. The van der Waals surface area contributed by atoms with Crippen molar-refractivity contribution in [2.24, 2.45) is 0 Å². The third kappa shape index (κ3) is 2.65. The number of aliphatic hydroxyl groups excluding tert-OH is 1. The molecule has 0 aliphatic rings. The number of aliphatic hydroxyl groups is 1. The van der Waals surface area contributed by atoms with Crippen LogP contribution in [0.4, 0.5) is 0 Å². The average molecular weight is 244 g/mol. The molecule has 4 heteroatoms. The van der Waals surface area contributed by atoms with Gasteiger partial charge in [-0.25, -0.2) is 9.97 Å². The largest absolute Gasteiger partial charge is 0.508 e. The number of benzene rings is 1. The topological polar surface area (TPSA) is 66.2 Å². The predicted octanol–water partition coefficient (Wildman–Crippen LogP) is 1.88. The van der Waals surface area contributed by atoms with E-state index < -0.39 is 0 Å². The molecule has 18 heavy (non-hydrogen) atoms. The zero-order valence-electron chi connectivity index (χ0n) is 10.5. The SMILES string of the molecule is Cc1nc(Cc2cccc(O)c2)nc(C)c1CO. The maximum atomic E-state index is 9.41. The van der Waals surface area contributed by atoms with Gasteiger partial charge in [0.25, 0.3) is 0 Å². The Bertz CT molecular complexity index is 544. The van der Waals surface area contributed by atoms with Crippen LogP contribution < -0.4 is 0 Å². The molecule has 0 unspecified atom stereocenters. The lowest BCUT2D eigenvalue weighted by Gasteiger charge is -2.08. The first kappa shape index (κ1) is 12.5. The highest BCUT2D eigenvalue weighted by Crippen LogP contribution is 2.15. The van der Waals surface area contributed by atoms with E-state index in [2.05, 4.69) is 9.97 Å². The molecule has 2 aromatic rings. The smallest absolute Gasteiger partial charge is 0.133 e. The van der Waals surface area contributed by atoms with Crippen LogP contribution in [0.1, 0.15) is 28.3 Å². The third-order valence-corrected chi connectivity index (χ3v) is 2.90. The molecule has 0 aliphatic carbocycles. The summed E-state index contributed by atoms with van der Waals surface area (Å²) in [6.45, 7) is 3.70. The summed E-state index contributed by atoms with van der Waals surface area (Å²) in [5, 5.41) is 18.6. The number of aryl methyl sites for hydroxylation is 2. The summed E-state index contributed by atoms with van der Waals surface area (Å²) < 4.78 is 0. The summed E-state index contributed by atoms with van der Waals surface area (Å²) in [5.41, 5.74) is 3.36. The van der Waals surface area contributed by atoms with Crippen LogP contribution in [-0.4, -0.2) is 20.2 Å². The van der Waals surface area contributed by atoms with Crippen LogP contribution in [0.2, 0.25) is 0 Å². The summed E-state index contributed by atoms with van der Waals surface area (Å²) >= 11 is 0. The molecule has 1 aromatic heterocycles. The molecule has 0 aliphatic heterocycles. The molecule has 0 saturated carbocycles. The number of phenolic OH excluding ortho intramolecular Hbond substituents is 1. The molecule has 94 valence electrons. The minimum atomic E-state index is -0.0376.